The van der Waals surface area contributed by atoms with Gasteiger partial charge in [-0.3, -0.25) is 13.9 Å². The molecule has 4 rings (SSSR count). The van der Waals surface area contributed by atoms with Gasteiger partial charge in [-0.2, -0.15) is 0 Å². The maximum atomic E-state index is 13.7. The van der Waals surface area contributed by atoms with Crippen molar-refractivity contribution in [3.8, 4) is 17.2 Å². The number of methoxy groups -OCH3 is 1. The summed E-state index contributed by atoms with van der Waals surface area (Å²) in [6.07, 6.45) is 7.25. The van der Waals surface area contributed by atoms with Gasteiger partial charge in [0.15, 0.2) is 11.5 Å². The maximum absolute atomic E-state index is 13.7. The van der Waals surface area contributed by atoms with Crippen molar-refractivity contribution in [2.45, 2.75) is 76.9 Å². The number of fused-ring (bicyclic) bond motifs is 1. The summed E-state index contributed by atoms with van der Waals surface area (Å²) in [7, 11) is -2.04. The molecule has 0 aromatic heterocycles. The summed E-state index contributed by atoms with van der Waals surface area (Å²) in [4.78, 5) is 28.8. The number of hydrogen-bond acceptors (Lipinski definition) is 7. The first-order chi connectivity index (χ1) is 20.2. The topological polar surface area (TPSA) is 114 Å². The molecule has 230 valence electrons. The predicted molar refractivity (Wildman–Crippen MR) is 161 cm³/mol. The number of ether oxygens (including phenoxy) is 3. The fourth-order valence-corrected chi connectivity index (χ4v) is 6.54. The van der Waals surface area contributed by atoms with Crippen LogP contribution >= 0.6 is 0 Å². The fourth-order valence-electron chi connectivity index (χ4n) is 5.58. The van der Waals surface area contributed by atoms with Crippen molar-refractivity contribution in [3.63, 3.8) is 0 Å². The van der Waals surface area contributed by atoms with Crippen LogP contribution in [-0.2, 0) is 26.2 Å². The van der Waals surface area contributed by atoms with Crippen LogP contribution in [0.5, 0.6) is 17.2 Å². The highest BCUT2D eigenvalue weighted by Crippen LogP contribution is 2.35. The number of sulfonamides is 1. The van der Waals surface area contributed by atoms with E-state index in [1.807, 2.05) is 31.2 Å². The lowest BCUT2D eigenvalue weighted by atomic mass is 9.95. The van der Waals surface area contributed by atoms with Gasteiger partial charge in [0.2, 0.25) is 21.8 Å². The van der Waals surface area contributed by atoms with E-state index in [9.17, 15) is 18.0 Å². The van der Waals surface area contributed by atoms with E-state index in [2.05, 4.69) is 5.32 Å². The molecule has 1 saturated carbocycles. The Morgan fingerprint density at radius 2 is 1.71 bits per heavy atom. The van der Waals surface area contributed by atoms with Gasteiger partial charge in [-0.15, -0.1) is 0 Å². The summed E-state index contributed by atoms with van der Waals surface area (Å²) < 4.78 is 43.2. The summed E-state index contributed by atoms with van der Waals surface area (Å²) in [5.74, 6) is 1.43. The second-order valence-corrected chi connectivity index (χ2v) is 12.8. The van der Waals surface area contributed by atoms with Gasteiger partial charge in [0.1, 0.15) is 25.0 Å². The third-order valence-corrected chi connectivity index (χ3v) is 9.01. The molecule has 0 radical (unpaired) electrons. The van der Waals surface area contributed by atoms with Crippen LogP contribution in [-0.4, -0.2) is 70.3 Å². The molecule has 1 aliphatic carbocycles. The molecule has 0 spiro atoms. The second-order valence-electron chi connectivity index (χ2n) is 10.9. The van der Waals surface area contributed by atoms with Crippen molar-refractivity contribution in [1.82, 2.24) is 10.2 Å². The smallest absolute Gasteiger partial charge is 0.243 e. The number of amides is 2. The summed E-state index contributed by atoms with van der Waals surface area (Å²) in [6, 6.07) is 12.0. The first-order valence-corrected chi connectivity index (χ1v) is 16.6. The van der Waals surface area contributed by atoms with Crippen LogP contribution in [0.1, 0.15) is 63.9 Å². The third-order valence-electron chi connectivity index (χ3n) is 7.82. The summed E-state index contributed by atoms with van der Waals surface area (Å²) in [5.41, 5.74) is 1.32. The minimum absolute atomic E-state index is 0.0833. The van der Waals surface area contributed by atoms with Crippen LogP contribution < -0.4 is 23.8 Å². The minimum atomic E-state index is -3.63. The Labute approximate surface area is 249 Å². The number of benzene rings is 2. The largest absolute Gasteiger partial charge is 0.497 e. The highest BCUT2D eigenvalue weighted by Gasteiger charge is 2.30. The number of nitrogens with zero attached hydrogens (tertiary/aromatic N) is 2. The van der Waals surface area contributed by atoms with E-state index in [0.717, 1.165) is 37.5 Å². The van der Waals surface area contributed by atoms with Crippen molar-refractivity contribution >= 4 is 27.5 Å². The van der Waals surface area contributed by atoms with Crippen molar-refractivity contribution in [2.24, 2.45) is 0 Å². The summed E-state index contributed by atoms with van der Waals surface area (Å²) >= 11 is 0. The zero-order chi connectivity index (χ0) is 30.1. The highest BCUT2D eigenvalue weighted by molar-refractivity contribution is 7.92. The molecule has 2 aliphatic rings. The Morgan fingerprint density at radius 3 is 2.36 bits per heavy atom. The standard InChI is InChI=1S/C31H43N3O7S/c1-4-27(31(36)32-24-9-6-5-7-10-24)33(22-23-12-15-26(39-2)16-13-23)30(35)11-8-18-34(42(3,37)38)25-14-17-28-29(21-25)41-20-19-40-28/h12-17,21,24,27H,4-11,18-20,22H2,1-3H3,(H,32,36)/t27-/m0/s1. The Bertz CT molecular complexity index is 1310. The molecule has 2 aromatic carbocycles. The van der Waals surface area contributed by atoms with Gasteiger partial charge in [-0.05, 0) is 55.5 Å². The Hall–Kier alpha value is -3.47. The number of rotatable bonds is 13. The first-order valence-electron chi connectivity index (χ1n) is 14.8. The lowest BCUT2D eigenvalue weighted by Crippen LogP contribution is -2.51. The van der Waals surface area contributed by atoms with Crippen LogP contribution in [0, 0.1) is 0 Å². The average Bonchev–Trinajstić information content (AvgIpc) is 2.99. The van der Waals surface area contributed by atoms with Crippen LogP contribution in [0.4, 0.5) is 5.69 Å². The fraction of sp³-hybridized carbons (Fsp3) is 0.548. The van der Waals surface area contributed by atoms with Crippen molar-refractivity contribution in [2.75, 3.05) is 37.4 Å². The highest BCUT2D eigenvalue weighted by atomic mass is 32.2. The minimum Gasteiger partial charge on any atom is -0.497 e. The quantitative estimate of drug-likeness (QED) is 0.365. The molecule has 0 saturated heterocycles. The van der Waals surface area contributed by atoms with Gasteiger partial charge in [0, 0.05) is 31.6 Å². The van der Waals surface area contributed by atoms with E-state index in [1.54, 1.807) is 30.2 Å². The van der Waals surface area contributed by atoms with E-state index in [-0.39, 0.29) is 43.8 Å². The van der Waals surface area contributed by atoms with Crippen molar-refractivity contribution < 1.29 is 32.2 Å². The van der Waals surface area contributed by atoms with Crippen LogP contribution in [0.2, 0.25) is 0 Å². The molecule has 0 unspecified atom stereocenters. The molecule has 1 fully saturated rings. The number of nitrogens with one attached hydrogen (secondary N) is 1. The van der Waals surface area contributed by atoms with Crippen LogP contribution in [0.15, 0.2) is 42.5 Å². The SMILES string of the molecule is CC[C@@H](C(=O)NC1CCCCC1)N(Cc1ccc(OC)cc1)C(=O)CCCN(c1ccc2c(c1)OCCO2)S(C)(=O)=O. The number of carbonyl (C=O) groups is 2. The Balaban J connectivity index is 1.48. The number of hydrogen-bond donors (Lipinski definition) is 1. The summed E-state index contributed by atoms with van der Waals surface area (Å²) in [6.45, 7) is 3.10. The Morgan fingerprint density at radius 1 is 1.02 bits per heavy atom. The van der Waals surface area contributed by atoms with E-state index < -0.39 is 16.1 Å². The van der Waals surface area contributed by atoms with Gasteiger partial charge in [-0.25, -0.2) is 8.42 Å². The monoisotopic (exact) mass is 601 g/mol. The van der Waals surface area contributed by atoms with Gasteiger partial charge in [0.05, 0.1) is 19.1 Å². The molecule has 11 heteroatoms. The number of anilines is 1. The molecule has 0 bridgehead atoms. The van der Waals surface area contributed by atoms with Crippen molar-refractivity contribution in [3.05, 3.63) is 48.0 Å². The molecule has 1 atom stereocenters. The second kappa shape index (κ2) is 14.6. The maximum Gasteiger partial charge on any atom is 0.243 e. The van der Waals surface area contributed by atoms with Crippen LogP contribution in [0.25, 0.3) is 0 Å². The molecule has 1 N–H and O–H groups in total. The normalized spacial score (nSPS) is 15.9. The Kier molecular flexibility index (Phi) is 11.0. The zero-order valence-electron chi connectivity index (χ0n) is 24.8. The first kappa shape index (κ1) is 31.5. The number of carbonyl (C=O) groups excluding carboxylic acids is 2. The lowest BCUT2D eigenvalue weighted by molar-refractivity contribution is -0.141. The molecule has 1 heterocycles. The average molecular weight is 602 g/mol. The van der Waals surface area contributed by atoms with E-state index in [4.69, 9.17) is 14.2 Å². The third kappa shape index (κ3) is 8.30. The summed E-state index contributed by atoms with van der Waals surface area (Å²) in [5, 5.41) is 3.19. The molecule has 1 aliphatic heterocycles. The molecule has 2 aromatic rings. The van der Waals surface area contributed by atoms with Crippen molar-refractivity contribution in [1.29, 1.82) is 0 Å². The van der Waals surface area contributed by atoms with E-state index in [1.165, 1.54) is 10.7 Å². The molecule has 2 amide bonds. The molecule has 10 nitrogen and oxygen atoms in total. The molecule has 42 heavy (non-hydrogen) atoms. The van der Waals surface area contributed by atoms with Gasteiger partial charge >= 0.3 is 0 Å². The van der Waals surface area contributed by atoms with E-state index in [0.29, 0.717) is 42.6 Å². The zero-order valence-corrected chi connectivity index (χ0v) is 25.7. The molecular formula is C31H43N3O7S. The predicted octanol–water partition coefficient (Wildman–Crippen LogP) is 4.27. The van der Waals surface area contributed by atoms with Gasteiger partial charge in [0.25, 0.3) is 0 Å². The van der Waals surface area contributed by atoms with Gasteiger partial charge < -0.3 is 24.4 Å². The molecular weight excluding hydrogens is 558 g/mol. The van der Waals surface area contributed by atoms with Crippen LogP contribution in [0.3, 0.4) is 0 Å². The van der Waals surface area contributed by atoms with Gasteiger partial charge in [-0.1, -0.05) is 38.3 Å². The lowest BCUT2D eigenvalue weighted by Gasteiger charge is -2.33. The van der Waals surface area contributed by atoms with E-state index >= 15 is 0 Å².